The van der Waals surface area contributed by atoms with Crippen LogP contribution < -0.4 is 10.0 Å². The van der Waals surface area contributed by atoms with E-state index < -0.39 is 22.6 Å². The zero-order valence-corrected chi connectivity index (χ0v) is 19.3. The van der Waals surface area contributed by atoms with Crippen LogP contribution in [0.2, 0.25) is 0 Å². The van der Waals surface area contributed by atoms with Crippen LogP contribution in [0.3, 0.4) is 0 Å². The molecule has 1 atom stereocenters. The van der Waals surface area contributed by atoms with E-state index in [9.17, 15) is 13.2 Å². The highest BCUT2D eigenvalue weighted by atomic mass is 32.2. The van der Waals surface area contributed by atoms with Crippen molar-refractivity contribution >= 4 is 34.0 Å². The Labute approximate surface area is 178 Å². The highest BCUT2D eigenvalue weighted by Gasteiger charge is 2.25. The van der Waals surface area contributed by atoms with E-state index in [2.05, 4.69) is 30.8 Å². The molecule has 1 heterocycles. The molecule has 0 unspecified atom stereocenters. The normalized spacial score (nSPS) is 13.2. The number of carbonyl (C=O) groups excluding carboxylic acids is 1. The molecular formula is C20H29N3O4S2. The van der Waals surface area contributed by atoms with Crippen molar-refractivity contribution in [3.05, 3.63) is 45.9 Å². The predicted octanol–water partition coefficient (Wildman–Crippen LogP) is 4.19. The summed E-state index contributed by atoms with van der Waals surface area (Å²) in [7, 11) is -2.70. The highest BCUT2D eigenvalue weighted by Crippen LogP contribution is 2.29. The van der Waals surface area contributed by atoms with Gasteiger partial charge in [0.25, 0.3) is 0 Å². The summed E-state index contributed by atoms with van der Waals surface area (Å²) in [6.45, 7) is 11.7. The number of ether oxygens (including phenoxy) is 1. The van der Waals surface area contributed by atoms with Crippen molar-refractivity contribution in [2.45, 2.75) is 65.0 Å². The van der Waals surface area contributed by atoms with Crippen LogP contribution >= 0.6 is 11.3 Å². The molecule has 2 rings (SSSR count). The zero-order valence-electron chi connectivity index (χ0n) is 17.6. The number of anilines is 1. The molecule has 0 saturated carbocycles. The lowest BCUT2D eigenvalue weighted by atomic mass is 9.93. The van der Waals surface area contributed by atoms with E-state index in [1.807, 2.05) is 38.3 Å². The molecule has 9 heteroatoms. The van der Waals surface area contributed by atoms with Gasteiger partial charge in [0.05, 0.1) is 11.7 Å². The molecule has 29 heavy (non-hydrogen) atoms. The average molecular weight is 440 g/mol. The molecule has 1 amide bonds. The molecule has 7 nitrogen and oxygen atoms in total. The molecule has 0 aliphatic carbocycles. The molecule has 1 aromatic carbocycles. The maximum absolute atomic E-state index is 12.4. The Bertz CT molecular complexity index is 899. The summed E-state index contributed by atoms with van der Waals surface area (Å²) in [5, 5.41) is 5.73. The van der Waals surface area contributed by atoms with E-state index in [0.29, 0.717) is 12.1 Å². The Hall–Kier alpha value is -2.13. The van der Waals surface area contributed by atoms with Crippen LogP contribution in [-0.2, 0) is 27.5 Å². The van der Waals surface area contributed by atoms with Gasteiger partial charge in [-0.2, -0.15) is 0 Å². The van der Waals surface area contributed by atoms with Crippen molar-refractivity contribution in [1.82, 2.24) is 10.3 Å². The number of amides is 1. The Balaban J connectivity index is 2.24. The largest absolute Gasteiger partial charge is 0.444 e. The van der Waals surface area contributed by atoms with E-state index in [4.69, 9.17) is 9.72 Å². The third-order valence-corrected chi connectivity index (χ3v) is 5.29. The second kappa shape index (κ2) is 9.13. The van der Waals surface area contributed by atoms with Crippen molar-refractivity contribution in [1.29, 1.82) is 0 Å². The highest BCUT2D eigenvalue weighted by molar-refractivity contribution is 7.73. The molecule has 2 N–H and O–H groups in total. The minimum atomic E-state index is -2.70. The van der Waals surface area contributed by atoms with Crippen LogP contribution in [0.5, 0.6) is 0 Å². The molecule has 2 aromatic rings. The van der Waals surface area contributed by atoms with Gasteiger partial charge in [0.2, 0.25) is 10.9 Å². The fraction of sp³-hybridized carbons (Fsp3) is 0.500. The minimum Gasteiger partial charge on any atom is -0.444 e. The predicted molar refractivity (Wildman–Crippen MR) is 117 cm³/mol. The number of hydrogen-bond acceptors (Lipinski definition) is 6. The monoisotopic (exact) mass is 439 g/mol. The van der Waals surface area contributed by atoms with Crippen LogP contribution in [0.25, 0.3) is 0 Å². The van der Waals surface area contributed by atoms with Crippen molar-refractivity contribution in [2.75, 3.05) is 4.72 Å². The molecule has 0 radical (unpaired) electrons. The molecule has 160 valence electrons. The number of thiol groups is 1. The lowest BCUT2D eigenvalue weighted by molar-refractivity contribution is 0.0503. The van der Waals surface area contributed by atoms with Gasteiger partial charge in [-0.25, -0.2) is 18.2 Å². The third kappa shape index (κ3) is 7.66. The van der Waals surface area contributed by atoms with E-state index in [1.54, 1.807) is 12.1 Å². The van der Waals surface area contributed by atoms with Crippen LogP contribution in [0, 0.1) is 0 Å². The third-order valence-electron chi connectivity index (χ3n) is 3.89. The second-order valence-electron chi connectivity index (χ2n) is 8.79. The fourth-order valence-electron chi connectivity index (χ4n) is 2.50. The lowest BCUT2D eigenvalue weighted by Gasteiger charge is -2.23. The number of thiazole rings is 1. The molecule has 0 fully saturated rings. The Morgan fingerprint density at radius 1 is 1.14 bits per heavy atom. The number of rotatable bonds is 6. The second-order valence-corrected chi connectivity index (χ2v) is 10.4. The number of carbonyl (C=O) groups is 1. The van der Waals surface area contributed by atoms with Gasteiger partial charge in [0, 0.05) is 16.5 Å². The van der Waals surface area contributed by atoms with Crippen LogP contribution in [0.4, 0.5) is 10.5 Å². The number of aromatic nitrogens is 1. The molecular weight excluding hydrogens is 410 g/mol. The Morgan fingerprint density at radius 3 is 2.24 bits per heavy atom. The molecule has 1 aromatic heterocycles. The van der Waals surface area contributed by atoms with Crippen LogP contribution in [0.1, 0.15) is 63.8 Å². The van der Waals surface area contributed by atoms with E-state index >= 15 is 0 Å². The van der Waals surface area contributed by atoms with Gasteiger partial charge >= 0.3 is 6.09 Å². The first-order chi connectivity index (χ1) is 13.3. The van der Waals surface area contributed by atoms with E-state index in [0.717, 1.165) is 16.3 Å². The topological polar surface area (TPSA) is 97.4 Å². The first kappa shape index (κ1) is 23.2. The summed E-state index contributed by atoms with van der Waals surface area (Å²) in [6.07, 6.45) is -0.00297. The summed E-state index contributed by atoms with van der Waals surface area (Å²) >= 11 is 1.50. The standard InChI is InChI=1S/C20H29N3O4S2/c1-19(2,3)16-12-28-17(22-16)15(21-18(24)27-20(4,5)6)11-13-7-9-14(10-8-13)23-29(25)26/h7-10,12,15,29H,11H2,1-6H3,(H,21,24)(H,23,25,26)/t15-/m0/s1. The van der Waals surface area contributed by atoms with Gasteiger partial charge < -0.3 is 10.1 Å². The average Bonchev–Trinajstić information content (AvgIpc) is 3.04. The zero-order chi connectivity index (χ0) is 21.8. The molecule has 0 saturated heterocycles. The van der Waals surface area contributed by atoms with Gasteiger partial charge in [-0.15, -0.1) is 11.3 Å². The quantitative estimate of drug-likeness (QED) is 0.587. The first-order valence-corrected chi connectivity index (χ1v) is 11.3. The summed E-state index contributed by atoms with van der Waals surface area (Å²) in [5.74, 6) is 0. The Morgan fingerprint density at radius 2 is 1.76 bits per heavy atom. The van der Waals surface area contributed by atoms with E-state index in [1.165, 1.54) is 11.3 Å². The van der Waals surface area contributed by atoms with Crippen molar-refractivity contribution in [2.24, 2.45) is 0 Å². The summed E-state index contributed by atoms with van der Waals surface area (Å²) in [4.78, 5) is 17.1. The number of hydrogen-bond donors (Lipinski definition) is 3. The lowest BCUT2D eigenvalue weighted by Crippen LogP contribution is -2.35. The number of benzene rings is 1. The van der Waals surface area contributed by atoms with Crippen molar-refractivity contribution in [3.63, 3.8) is 0 Å². The number of alkyl carbamates (subject to hydrolysis) is 1. The maximum atomic E-state index is 12.4. The summed E-state index contributed by atoms with van der Waals surface area (Å²) in [5.41, 5.74) is 1.70. The smallest absolute Gasteiger partial charge is 0.408 e. The fourth-order valence-corrected chi connectivity index (χ4v) is 3.95. The van der Waals surface area contributed by atoms with Gasteiger partial charge in [-0.1, -0.05) is 32.9 Å². The van der Waals surface area contributed by atoms with Gasteiger partial charge in [-0.3, -0.25) is 4.72 Å². The molecule has 0 spiro atoms. The summed E-state index contributed by atoms with van der Waals surface area (Å²) < 4.78 is 29.3. The van der Waals surface area contributed by atoms with Gasteiger partial charge in [-0.05, 0) is 44.9 Å². The van der Waals surface area contributed by atoms with E-state index in [-0.39, 0.29) is 11.5 Å². The minimum absolute atomic E-state index is 0.0897. The molecule has 0 aliphatic rings. The SMILES string of the molecule is CC(C)(C)OC(=O)N[C@@H](Cc1ccc(N[SH](=O)=O)cc1)c1nc(C(C)(C)C)cs1. The Kier molecular flexibility index (Phi) is 7.29. The maximum Gasteiger partial charge on any atom is 0.408 e. The molecule has 0 bridgehead atoms. The number of nitrogens with one attached hydrogen (secondary N) is 2. The number of nitrogens with zero attached hydrogens (tertiary/aromatic N) is 1. The van der Waals surface area contributed by atoms with Gasteiger partial charge in [0.15, 0.2) is 0 Å². The van der Waals surface area contributed by atoms with Crippen LogP contribution in [-0.4, -0.2) is 25.1 Å². The van der Waals surface area contributed by atoms with Crippen molar-refractivity contribution < 1.29 is 17.9 Å². The van der Waals surface area contributed by atoms with Crippen molar-refractivity contribution in [3.8, 4) is 0 Å². The first-order valence-electron chi connectivity index (χ1n) is 9.29. The van der Waals surface area contributed by atoms with Crippen LogP contribution in [0.15, 0.2) is 29.6 Å². The van der Waals surface area contributed by atoms with Gasteiger partial charge in [0.1, 0.15) is 10.6 Å². The molecule has 0 aliphatic heterocycles. The summed E-state index contributed by atoms with van der Waals surface area (Å²) in [6, 6.07) is 6.66.